The Balaban J connectivity index is 2.31. The smallest absolute Gasteiger partial charge is 0.142 e. The molecule has 0 spiro atoms. The molecule has 0 aromatic heterocycles. The minimum Gasteiger partial charge on any atom is -0.492 e. The quantitative estimate of drug-likeness (QED) is 0.803. The summed E-state index contributed by atoms with van der Waals surface area (Å²) in [5.41, 5.74) is 9.68. The first-order chi connectivity index (χ1) is 8.72. The Morgan fingerprint density at radius 2 is 1.78 bits per heavy atom. The van der Waals surface area contributed by atoms with Gasteiger partial charge in [-0.25, -0.2) is 0 Å². The van der Waals surface area contributed by atoms with E-state index in [2.05, 4.69) is 5.32 Å². The molecule has 0 amide bonds. The second-order valence-corrected chi connectivity index (χ2v) is 4.07. The Morgan fingerprint density at radius 1 is 1.06 bits per heavy atom. The lowest BCUT2D eigenvalue weighted by atomic mass is 10.1. The molecule has 0 bridgehead atoms. The van der Waals surface area contributed by atoms with Crippen molar-refractivity contribution >= 4 is 17.1 Å². The van der Waals surface area contributed by atoms with Gasteiger partial charge in [-0.2, -0.15) is 0 Å². The van der Waals surface area contributed by atoms with E-state index < -0.39 is 0 Å². The molecule has 2 aromatic carbocycles. The highest BCUT2D eigenvalue weighted by Gasteiger charge is 2.05. The van der Waals surface area contributed by atoms with E-state index in [1.54, 1.807) is 0 Å². The Morgan fingerprint density at radius 3 is 2.56 bits per heavy atom. The van der Waals surface area contributed by atoms with E-state index in [1.165, 1.54) is 0 Å². The van der Waals surface area contributed by atoms with Crippen molar-refractivity contribution < 1.29 is 4.74 Å². The van der Waals surface area contributed by atoms with Crippen LogP contribution in [0.4, 0.5) is 17.1 Å². The Kier molecular flexibility index (Phi) is 3.72. The van der Waals surface area contributed by atoms with Crippen LogP contribution in [-0.2, 0) is 0 Å². The Bertz CT molecular complexity index is 538. The van der Waals surface area contributed by atoms with Crippen molar-refractivity contribution in [1.82, 2.24) is 0 Å². The number of nitrogens with one attached hydrogen (secondary N) is 1. The summed E-state index contributed by atoms with van der Waals surface area (Å²) < 4.78 is 5.59. The lowest BCUT2D eigenvalue weighted by Crippen LogP contribution is -2.00. The second-order valence-electron chi connectivity index (χ2n) is 4.07. The van der Waals surface area contributed by atoms with Crippen molar-refractivity contribution in [3.63, 3.8) is 0 Å². The van der Waals surface area contributed by atoms with Gasteiger partial charge in [-0.1, -0.05) is 18.2 Å². The van der Waals surface area contributed by atoms with E-state index in [9.17, 15) is 0 Å². The van der Waals surface area contributed by atoms with Gasteiger partial charge in [0.05, 0.1) is 12.3 Å². The number of nitrogen functional groups attached to an aromatic ring is 1. The molecule has 0 aliphatic heterocycles. The van der Waals surface area contributed by atoms with Gasteiger partial charge in [0.2, 0.25) is 0 Å². The van der Waals surface area contributed by atoms with Gasteiger partial charge in [-0.05, 0) is 43.7 Å². The van der Waals surface area contributed by atoms with Crippen molar-refractivity contribution in [2.24, 2.45) is 0 Å². The van der Waals surface area contributed by atoms with Crippen LogP contribution in [0.1, 0.15) is 12.5 Å². The van der Waals surface area contributed by atoms with Crippen LogP contribution in [0.5, 0.6) is 5.75 Å². The molecule has 0 aliphatic rings. The SMILES string of the molecule is CCOc1ccccc1Nc1cccc(N)c1C. The number of nitrogens with two attached hydrogens (primary N) is 1. The van der Waals surface area contributed by atoms with Crippen LogP contribution in [0.15, 0.2) is 42.5 Å². The monoisotopic (exact) mass is 242 g/mol. The third-order valence-electron chi connectivity index (χ3n) is 2.83. The molecule has 2 aromatic rings. The molecule has 2 rings (SSSR count). The lowest BCUT2D eigenvalue weighted by molar-refractivity contribution is 0.342. The van der Waals surface area contributed by atoms with E-state index >= 15 is 0 Å². The summed E-state index contributed by atoms with van der Waals surface area (Å²) in [5.74, 6) is 0.849. The fraction of sp³-hybridized carbons (Fsp3) is 0.200. The lowest BCUT2D eigenvalue weighted by Gasteiger charge is -2.14. The van der Waals surface area contributed by atoms with Gasteiger partial charge in [-0.3, -0.25) is 0 Å². The maximum atomic E-state index is 5.90. The van der Waals surface area contributed by atoms with Crippen LogP contribution in [0.2, 0.25) is 0 Å². The molecule has 0 saturated heterocycles. The summed E-state index contributed by atoms with van der Waals surface area (Å²) in [5, 5.41) is 3.36. The van der Waals surface area contributed by atoms with E-state index in [1.807, 2.05) is 56.3 Å². The van der Waals surface area contributed by atoms with E-state index in [0.717, 1.165) is 28.4 Å². The summed E-state index contributed by atoms with van der Waals surface area (Å²) in [6, 6.07) is 13.7. The average Bonchev–Trinajstić information content (AvgIpc) is 2.37. The number of benzene rings is 2. The molecule has 0 heterocycles. The van der Waals surface area contributed by atoms with Crippen molar-refractivity contribution in [3.05, 3.63) is 48.0 Å². The highest BCUT2D eigenvalue weighted by atomic mass is 16.5. The molecule has 0 fully saturated rings. The number of anilines is 3. The van der Waals surface area contributed by atoms with Crippen molar-refractivity contribution in [3.8, 4) is 5.75 Å². The third-order valence-corrected chi connectivity index (χ3v) is 2.83. The molecule has 18 heavy (non-hydrogen) atoms. The zero-order valence-electron chi connectivity index (χ0n) is 10.7. The molecular formula is C15H18N2O. The van der Waals surface area contributed by atoms with E-state index in [0.29, 0.717) is 6.61 Å². The van der Waals surface area contributed by atoms with Crippen molar-refractivity contribution in [2.45, 2.75) is 13.8 Å². The molecule has 3 nitrogen and oxygen atoms in total. The summed E-state index contributed by atoms with van der Waals surface area (Å²) in [7, 11) is 0. The highest BCUT2D eigenvalue weighted by molar-refractivity contribution is 5.72. The Labute approximate surface area is 108 Å². The molecule has 0 aliphatic carbocycles. The average molecular weight is 242 g/mol. The minimum absolute atomic E-state index is 0.647. The fourth-order valence-electron chi connectivity index (χ4n) is 1.79. The zero-order chi connectivity index (χ0) is 13.0. The standard InChI is InChI=1S/C15H18N2O/c1-3-18-15-10-5-4-8-14(15)17-13-9-6-7-12(16)11(13)2/h4-10,17H,3,16H2,1-2H3. The van der Waals surface area contributed by atoms with Crippen LogP contribution < -0.4 is 15.8 Å². The number of rotatable bonds is 4. The molecule has 0 unspecified atom stereocenters. The predicted octanol–water partition coefficient (Wildman–Crippen LogP) is 3.72. The summed E-state index contributed by atoms with van der Waals surface area (Å²) in [4.78, 5) is 0. The van der Waals surface area contributed by atoms with E-state index in [4.69, 9.17) is 10.5 Å². The normalized spacial score (nSPS) is 10.1. The van der Waals surface area contributed by atoms with Gasteiger partial charge in [0, 0.05) is 11.4 Å². The maximum absolute atomic E-state index is 5.90. The highest BCUT2D eigenvalue weighted by Crippen LogP contribution is 2.30. The topological polar surface area (TPSA) is 47.3 Å². The van der Waals surface area contributed by atoms with Gasteiger partial charge >= 0.3 is 0 Å². The van der Waals surface area contributed by atoms with Crippen LogP contribution in [0.3, 0.4) is 0 Å². The fourth-order valence-corrected chi connectivity index (χ4v) is 1.79. The second kappa shape index (κ2) is 5.45. The Hall–Kier alpha value is -2.16. The van der Waals surface area contributed by atoms with Gasteiger partial charge in [0.1, 0.15) is 5.75 Å². The number of hydrogen-bond acceptors (Lipinski definition) is 3. The maximum Gasteiger partial charge on any atom is 0.142 e. The van der Waals surface area contributed by atoms with E-state index in [-0.39, 0.29) is 0 Å². The van der Waals surface area contributed by atoms with Gasteiger partial charge in [0.25, 0.3) is 0 Å². The first-order valence-corrected chi connectivity index (χ1v) is 6.06. The minimum atomic E-state index is 0.647. The van der Waals surface area contributed by atoms with Gasteiger partial charge in [-0.15, -0.1) is 0 Å². The van der Waals surface area contributed by atoms with Crippen LogP contribution in [-0.4, -0.2) is 6.61 Å². The van der Waals surface area contributed by atoms with Crippen LogP contribution in [0.25, 0.3) is 0 Å². The molecule has 0 saturated carbocycles. The van der Waals surface area contributed by atoms with Crippen molar-refractivity contribution in [2.75, 3.05) is 17.7 Å². The van der Waals surface area contributed by atoms with Crippen LogP contribution in [0, 0.1) is 6.92 Å². The summed E-state index contributed by atoms with van der Waals surface area (Å²) in [6.45, 7) is 4.62. The molecular weight excluding hydrogens is 224 g/mol. The zero-order valence-corrected chi connectivity index (χ0v) is 10.7. The van der Waals surface area contributed by atoms with Crippen LogP contribution >= 0.6 is 0 Å². The molecule has 0 radical (unpaired) electrons. The summed E-state index contributed by atoms with van der Waals surface area (Å²) >= 11 is 0. The molecule has 3 N–H and O–H groups in total. The number of para-hydroxylation sites is 2. The number of hydrogen-bond donors (Lipinski definition) is 2. The van der Waals surface area contributed by atoms with Gasteiger partial charge in [0.15, 0.2) is 0 Å². The first kappa shape index (κ1) is 12.3. The predicted molar refractivity (Wildman–Crippen MR) is 76.5 cm³/mol. The molecule has 0 atom stereocenters. The third kappa shape index (κ3) is 2.56. The molecule has 94 valence electrons. The molecule has 3 heteroatoms. The largest absolute Gasteiger partial charge is 0.492 e. The van der Waals surface area contributed by atoms with Crippen molar-refractivity contribution in [1.29, 1.82) is 0 Å². The summed E-state index contributed by atoms with van der Waals surface area (Å²) in [6.07, 6.45) is 0. The first-order valence-electron chi connectivity index (χ1n) is 6.06. The van der Waals surface area contributed by atoms with Gasteiger partial charge < -0.3 is 15.8 Å². The number of ether oxygens (including phenoxy) is 1.